The molecule has 1 aromatic carbocycles. The van der Waals surface area contributed by atoms with Crippen LogP contribution in [-0.2, 0) is 0 Å². The number of carbonyl (C=O) groups is 1. The van der Waals surface area contributed by atoms with E-state index in [1.807, 2.05) is 4.90 Å². The third-order valence-corrected chi connectivity index (χ3v) is 5.14. The van der Waals surface area contributed by atoms with Gasteiger partial charge >= 0.3 is 6.03 Å². The van der Waals surface area contributed by atoms with Gasteiger partial charge in [0.15, 0.2) is 0 Å². The lowest BCUT2D eigenvalue weighted by molar-refractivity contribution is 0.195. The lowest BCUT2D eigenvalue weighted by atomic mass is 10.2. The fourth-order valence-corrected chi connectivity index (χ4v) is 3.77. The summed E-state index contributed by atoms with van der Waals surface area (Å²) in [6.07, 6.45) is 6.22. The molecule has 1 saturated carbocycles. The molecule has 2 amide bonds. The van der Waals surface area contributed by atoms with Crippen LogP contribution in [0.3, 0.4) is 0 Å². The van der Waals surface area contributed by atoms with Crippen LogP contribution in [0.25, 0.3) is 0 Å². The van der Waals surface area contributed by atoms with Crippen LogP contribution in [0.4, 0.5) is 14.9 Å². The normalized spacial score (nSPS) is 20.5. The molecule has 0 aromatic heterocycles. The zero-order chi connectivity index (χ0) is 16.2. The highest BCUT2D eigenvalue weighted by atomic mass is 35.5. The van der Waals surface area contributed by atoms with Gasteiger partial charge < -0.3 is 10.2 Å². The van der Waals surface area contributed by atoms with E-state index >= 15 is 0 Å². The lowest BCUT2D eigenvalue weighted by Gasteiger charge is -2.27. The predicted molar refractivity (Wildman–Crippen MR) is 90.4 cm³/mol. The Morgan fingerprint density at radius 3 is 2.65 bits per heavy atom. The number of nitrogens with zero attached hydrogens (tertiary/aromatic N) is 2. The number of rotatable bonds is 2. The van der Waals surface area contributed by atoms with Gasteiger partial charge in [-0.2, -0.15) is 0 Å². The highest BCUT2D eigenvalue weighted by Crippen LogP contribution is 2.25. The van der Waals surface area contributed by atoms with E-state index in [-0.39, 0.29) is 11.1 Å². The summed E-state index contributed by atoms with van der Waals surface area (Å²) in [5.41, 5.74) is 0.454. The highest BCUT2D eigenvalue weighted by Gasteiger charge is 2.26. The molecule has 2 fully saturated rings. The largest absolute Gasteiger partial charge is 0.323 e. The molecule has 0 unspecified atom stereocenters. The quantitative estimate of drug-likeness (QED) is 0.885. The monoisotopic (exact) mass is 339 g/mol. The number of urea groups is 1. The number of hydrogen-bond acceptors (Lipinski definition) is 2. The Labute approximate surface area is 141 Å². The van der Waals surface area contributed by atoms with Crippen LogP contribution in [0.2, 0.25) is 5.02 Å². The first-order valence-corrected chi connectivity index (χ1v) is 8.76. The van der Waals surface area contributed by atoms with Crippen molar-refractivity contribution in [2.75, 3.05) is 31.5 Å². The minimum absolute atomic E-state index is 0.160. The van der Waals surface area contributed by atoms with E-state index in [0.717, 1.165) is 32.6 Å². The second kappa shape index (κ2) is 7.49. The molecule has 1 aromatic rings. The number of amides is 2. The van der Waals surface area contributed by atoms with Crippen LogP contribution in [0.15, 0.2) is 18.2 Å². The smallest absolute Gasteiger partial charge is 0.321 e. The van der Waals surface area contributed by atoms with Gasteiger partial charge in [0.1, 0.15) is 5.82 Å². The van der Waals surface area contributed by atoms with E-state index in [1.165, 1.54) is 43.9 Å². The summed E-state index contributed by atoms with van der Waals surface area (Å²) in [4.78, 5) is 16.8. The molecule has 4 nitrogen and oxygen atoms in total. The summed E-state index contributed by atoms with van der Waals surface area (Å²) in [6.45, 7) is 3.45. The first-order chi connectivity index (χ1) is 11.1. The Morgan fingerprint density at radius 2 is 1.91 bits per heavy atom. The van der Waals surface area contributed by atoms with Crippen molar-refractivity contribution in [3.63, 3.8) is 0 Å². The standard InChI is InChI=1S/C17H23ClFN3O/c18-15-12-13(19)6-7-16(15)20-17(23)22-9-3-8-21(10-11-22)14-4-1-2-5-14/h6-7,12,14H,1-5,8-11H2,(H,20,23). The van der Waals surface area contributed by atoms with Gasteiger partial charge in [-0.1, -0.05) is 24.4 Å². The maximum absolute atomic E-state index is 13.1. The van der Waals surface area contributed by atoms with Crippen molar-refractivity contribution in [3.05, 3.63) is 29.0 Å². The van der Waals surface area contributed by atoms with E-state index in [4.69, 9.17) is 11.6 Å². The van der Waals surface area contributed by atoms with Gasteiger partial charge in [0.25, 0.3) is 0 Å². The van der Waals surface area contributed by atoms with Gasteiger partial charge in [-0.05, 0) is 37.5 Å². The van der Waals surface area contributed by atoms with Gasteiger partial charge in [0.2, 0.25) is 0 Å². The van der Waals surface area contributed by atoms with Crippen LogP contribution < -0.4 is 5.32 Å². The van der Waals surface area contributed by atoms with E-state index < -0.39 is 5.82 Å². The van der Waals surface area contributed by atoms with Crippen molar-refractivity contribution in [2.45, 2.75) is 38.1 Å². The summed E-state index contributed by atoms with van der Waals surface area (Å²) in [5, 5.41) is 3.01. The molecule has 2 aliphatic rings. The summed E-state index contributed by atoms with van der Waals surface area (Å²) in [5.74, 6) is -0.407. The highest BCUT2D eigenvalue weighted by molar-refractivity contribution is 6.33. The molecular formula is C17H23ClFN3O. The van der Waals surface area contributed by atoms with Gasteiger partial charge in [0.05, 0.1) is 10.7 Å². The average molecular weight is 340 g/mol. The van der Waals surface area contributed by atoms with Gasteiger partial charge in [-0.25, -0.2) is 9.18 Å². The van der Waals surface area contributed by atoms with Crippen LogP contribution >= 0.6 is 11.6 Å². The maximum Gasteiger partial charge on any atom is 0.321 e. The SMILES string of the molecule is O=C(Nc1ccc(F)cc1Cl)N1CCCN(C2CCCC2)CC1. The molecule has 1 heterocycles. The third-order valence-electron chi connectivity index (χ3n) is 4.83. The van der Waals surface area contributed by atoms with Crippen LogP contribution in [0, 0.1) is 5.82 Å². The second-order valence-corrected chi connectivity index (χ2v) is 6.78. The molecule has 0 atom stereocenters. The fourth-order valence-electron chi connectivity index (χ4n) is 3.56. The van der Waals surface area contributed by atoms with Crippen molar-refractivity contribution in [2.24, 2.45) is 0 Å². The first-order valence-electron chi connectivity index (χ1n) is 8.38. The van der Waals surface area contributed by atoms with Crippen LogP contribution in [0.5, 0.6) is 0 Å². The molecule has 1 N–H and O–H groups in total. The third kappa shape index (κ3) is 4.15. The number of anilines is 1. The van der Waals surface area contributed by atoms with Crippen molar-refractivity contribution in [1.29, 1.82) is 0 Å². The molecule has 0 spiro atoms. The molecule has 0 radical (unpaired) electrons. The maximum atomic E-state index is 13.1. The van der Waals surface area contributed by atoms with E-state index in [2.05, 4.69) is 10.2 Å². The first kappa shape index (κ1) is 16.5. The molecule has 1 saturated heterocycles. The summed E-state index contributed by atoms with van der Waals surface area (Å²) >= 11 is 5.97. The Balaban J connectivity index is 1.57. The predicted octanol–water partition coefficient (Wildman–Crippen LogP) is 3.96. The number of nitrogens with one attached hydrogen (secondary N) is 1. The summed E-state index contributed by atoms with van der Waals surface area (Å²) in [7, 11) is 0. The fraction of sp³-hybridized carbons (Fsp3) is 0.588. The molecule has 1 aliphatic carbocycles. The molecule has 0 bridgehead atoms. The molecule has 126 valence electrons. The number of carbonyl (C=O) groups excluding carboxylic acids is 1. The molecule has 1 aliphatic heterocycles. The Hall–Kier alpha value is -1.33. The van der Waals surface area contributed by atoms with E-state index in [9.17, 15) is 9.18 Å². The van der Waals surface area contributed by atoms with Gasteiger partial charge in [-0.15, -0.1) is 0 Å². The van der Waals surface area contributed by atoms with Crippen molar-refractivity contribution >= 4 is 23.3 Å². The zero-order valence-electron chi connectivity index (χ0n) is 13.2. The van der Waals surface area contributed by atoms with Crippen LogP contribution in [0.1, 0.15) is 32.1 Å². The van der Waals surface area contributed by atoms with Gasteiger partial charge in [0, 0.05) is 32.2 Å². The summed E-state index contributed by atoms with van der Waals surface area (Å²) < 4.78 is 13.1. The number of hydrogen-bond donors (Lipinski definition) is 1. The van der Waals surface area contributed by atoms with E-state index in [1.54, 1.807) is 0 Å². The number of halogens is 2. The molecular weight excluding hydrogens is 317 g/mol. The Bertz CT molecular complexity index is 563. The van der Waals surface area contributed by atoms with Crippen molar-refractivity contribution in [1.82, 2.24) is 9.80 Å². The Kier molecular flexibility index (Phi) is 5.38. The second-order valence-electron chi connectivity index (χ2n) is 6.37. The zero-order valence-corrected chi connectivity index (χ0v) is 14.0. The lowest BCUT2D eigenvalue weighted by Crippen LogP contribution is -2.40. The molecule has 6 heteroatoms. The molecule has 3 rings (SSSR count). The van der Waals surface area contributed by atoms with Crippen molar-refractivity contribution < 1.29 is 9.18 Å². The van der Waals surface area contributed by atoms with Crippen molar-refractivity contribution in [3.8, 4) is 0 Å². The van der Waals surface area contributed by atoms with Crippen LogP contribution in [-0.4, -0.2) is 48.1 Å². The van der Waals surface area contributed by atoms with Gasteiger partial charge in [-0.3, -0.25) is 4.90 Å². The average Bonchev–Trinajstić information content (AvgIpc) is 2.94. The minimum Gasteiger partial charge on any atom is -0.323 e. The van der Waals surface area contributed by atoms with E-state index in [0.29, 0.717) is 11.7 Å². The summed E-state index contributed by atoms with van der Waals surface area (Å²) in [6, 6.07) is 4.54. The molecule has 23 heavy (non-hydrogen) atoms. The number of benzene rings is 1. The Morgan fingerprint density at radius 1 is 1.13 bits per heavy atom. The minimum atomic E-state index is -0.407. The topological polar surface area (TPSA) is 35.6 Å².